The monoisotopic (exact) mass is 387 g/mol. The van der Waals surface area contributed by atoms with E-state index in [0.29, 0.717) is 5.92 Å². The van der Waals surface area contributed by atoms with E-state index in [9.17, 15) is 0 Å². The zero-order valence-electron chi connectivity index (χ0n) is 14.6. The van der Waals surface area contributed by atoms with E-state index in [1.54, 1.807) is 7.11 Å². The fraction of sp³-hybridized carbons (Fsp3) is 0.316. The van der Waals surface area contributed by atoms with Gasteiger partial charge < -0.3 is 14.6 Å². The molecule has 0 fully saturated rings. The summed E-state index contributed by atoms with van der Waals surface area (Å²) >= 11 is 3.51. The number of aryl methyl sites for hydroxylation is 2. The number of aromatic nitrogens is 2. The third-order valence-corrected chi connectivity index (χ3v) is 4.73. The van der Waals surface area contributed by atoms with Crippen LogP contribution in [0, 0.1) is 6.92 Å². The maximum absolute atomic E-state index is 5.53. The quantitative estimate of drug-likeness (QED) is 0.640. The van der Waals surface area contributed by atoms with Crippen LogP contribution in [-0.2, 0) is 7.05 Å². The Labute approximate surface area is 151 Å². The van der Waals surface area contributed by atoms with Gasteiger partial charge in [-0.05, 0) is 42.2 Å². The molecule has 0 aliphatic rings. The van der Waals surface area contributed by atoms with E-state index >= 15 is 0 Å². The maximum atomic E-state index is 5.53. The van der Waals surface area contributed by atoms with Crippen molar-refractivity contribution < 1.29 is 4.74 Å². The molecular weight excluding hydrogens is 366 g/mol. The summed E-state index contributed by atoms with van der Waals surface area (Å²) in [6.07, 6.45) is 0. The topological polar surface area (TPSA) is 39.1 Å². The first-order valence-electron chi connectivity index (χ1n) is 7.99. The van der Waals surface area contributed by atoms with Crippen LogP contribution in [0.25, 0.3) is 11.0 Å². The minimum absolute atomic E-state index is 0.445. The molecule has 126 valence electrons. The first-order valence-corrected chi connectivity index (χ1v) is 8.78. The summed E-state index contributed by atoms with van der Waals surface area (Å²) in [5.74, 6) is 2.04. The van der Waals surface area contributed by atoms with Crippen LogP contribution in [0.2, 0.25) is 0 Å². The Kier molecular flexibility index (Phi) is 4.54. The molecule has 0 amide bonds. The predicted octanol–water partition coefficient (Wildman–Crippen LogP) is 5.52. The molecule has 4 nitrogen and oxygen atoms in total. The smallest absolute Gasteiger partial charge is 0.208 e. The highest BCUT2D eigenvalue weighted by Crippen LogP contribution is 2.35. The van der Waals surface area contributed by atoms with E-state index in [1.807, 2.05) is 13.1 Å². The molecule has 0 aliphatic heterocycles. The number of ether oxygens (including phenoxy) is 1. The number of rotatable bonds is 4. The van der Waals surface area contributed by atoms with Gasteiger partial charge in [0.2, 0.25) is 5.95 Å². The largest absolute Gasteiger partial charge is 0.495 e. The van der Waals surface area contributed by atoms with Crippen LogP contribution in [0.4, 0.5) is 11.6 Å². The molecule has 0 bridgehead atoms. The van der Waals surface area contributed by atoms with Crippen molar-refractivity contribution in [2.24, 2.45) is 7.05 Å². The Morgan fingerprint density at radius 3 is 2.67 bits per heavy atom. The zero-order valence-corrected chi connectivity index (χ0v) is 16.2. The van der Waals surface area contributed by atoms with E-state index in [0.717, 1.165) is 32.9 Å². The van der Waals surface area contributed by atoms with Crippen LogP contribution in [0.15, 0.2) is 34.8 Å². The Morgan fingerprint density at radius 2 is 2.00 bits per heavy atom. The van der Waals surface area contributed by atoms with Crippen LogP contribution in [0.5, 0.6) is 5.75 Å². The van der Waals surface area contributed by atoms with Crippen molar-refractivity contribution >= 4 is 38.6 Å². The molecule has 5 heteroatoms. The molecule has 1 heterocycles. The Balaban J connectivity index is 2.13. The average Bonchev–Trinajstić information content (AvgIpc) is 2.85. The van der Waals surface area contributed by atoms with Gasteiger partial charge in [-0.15, -0.1) is 0 Å². The molecule has 24 heavy (non-hydrogen) atoms. The maximum Gasteiger partial charge on any atom is 0.208 e. The highest BCUT2D eigenvalue weighted by atomic mass is 79.9. The Bertz CT molecular complexity index is 899. The summed E-state index contributed by atoms with van der Waals surface area (Å²) in [6, 6.07) is 10.3. The van der Waals surface area contributed by atoms with E-state index in [4.69, 9.17) is 9.72 Å². The van der Waals surface area contributed by atoms with Crippen LogP contribution in [0.1, 0.15) is 30.9 Å². The summed E-state index contributed by atoms with van der Waals surface area (Å²) < 4.78 is 8.64. The van der Waals surface area contributed by atoms with E-state index in [-0.39, 0.29) is 0 Å². The van der Waals surface area contributed by atoms with Crippen molar-refractivity contribution in [2.45, 2.75) is 26.7 Å². The standard InChI is InChI=1S/C19H22BrN3O/c1-11(2)14-7-6-8-15-18(14)23(4)19(21-15)22-17-12(3)9-13(20)10-16(17)24-5/h6-11H,1-5H3,(H,21,22). The second-order valence-corrected chi connectivity index (χ2v) is 7.20. The highest BCUT2D eigenvalue weighted by molar-refractivity contribution is 9.10. The van der Waals surface area contributed by atoms with Gasteiger partial charge in [0.25, 0.3) is 0 Å². The number of hydrogen-bond acceptors (Lipinski definition) is 3. The summed E-state index contributed by atoms with van der Waals surface area (Å²) in [6.45, 7) is 6.46. The minimum atomic E-state index is 0.445. The lowest BCUT2D eigenvalue weighted by Crippen LogP contribution is -2.03. The number of halogens is 1. The lowest BCUT2D eigenvalue weighted by atomic mass is 10.0. The van der Waals surface area contributed by atoms with Crippen LogP contribution >= 0.6 is 15.9 Å². The third-order valence-electron chi connectivity index (χ3n) is 4.27. The van der Waals surface area contributed by atoms with Gasteiger partial charge in [0.05, 0.1) is 23.8 Å². The number of nitrogens with zero attached hydrogens (tertiary/aromatic N) is 2. The lowest BCUT2D eigenvalue weighted by molar-refractivity contribution is 0.416. The lowest BCUT2D eigenvalue weighted by Gasteiger charge is -2.15. The first-order chi connectivity index (χ1) is 11.4. The summed E-state index contributed by atoms with van der Waals surface area (Å²) in [5, 5.41) is 3.45. The van der Waals surface area contributed by atoms with Crippen molar-refractivity contribution in [3.8, 4) is 5.75 Å². The van der Waals surface area contributed by atoms with Gasteiger partial charge in [0.15, 0.2) is 0 Å². The van der Waals surface area contributed by atoms with E-state index in [1.165, 1.54) is 11.1 Å². The molecule has 1 aromatic heterocycles. The van der Waals surface area contributed by atoms with Gasteiger partial charge in [0.1, 0.15) is 5.75 Å². The normalized spacial score (nSPS) is 11.3. The number of benzene rings is 2. The minimum Gasteiger partial charge on any atom is -0.495 e. The summed E-state index contributed by atoms with van der Waals surface area (Å²) in [5.41, 5.74) is 5.50. The van der Waals surface area contributed by atoms with Crippen molar-refractivity contribution in [2.75, 3.05) is 12.4 Å². The fourth-order valence-electron chi connectivity index (χ4n) is 3.02. The van der Waals surface area contributed by atoms with Crippen molar-refractivity contribution in [3.63, 3.8) is 0 Å². The van der Waals surface area contributed by atoms with E-state index < -0.39 is 0 Å². The number of fused-ring (bicyclic) bond motifs is 1. The molecule has 0 saturated carbocycles. The third kappa shape index (κ3) is 2.88. The molecule has 0 atom stereocenters. The number of anilines is 2. The molecule has 0 saturated heterocycles. The molecule has 0 spiro atoms. The first kappa shape index (κ1) is 16.8. The zero-order chi connectivity index (χ0) is 17.4. The number of hydrogen-bond donors (Lipinski definition) is 1. The van der Waals surface area contributed by atoms with Gasteiger partial charge in [0, 0.05) is 11.5 Å². The molecular formula is C19H22BrN3O. The summed E-state index contributed by atoms with van der Waals surface area (Å²) in [7, 11) is 3.72. The van der Waals surface area contributed by atoms with Crippen LogP contribution < -0.4 is 10.1 Å². The number of methoxy groups -OCH3 is 1. The van der Waals surface area contributed by atoms with Gasteiger partial charge in [-0.1, -0.05) is 41.9 Å². The SMILES string of the molecule is COc1cc(Br)cc(C)c1Nc1nc2cccc(C(C)C)c2n1C. The molecule has 0 aliphatic carbocycles. The number of nitrogens with one attached hydrogen (secondary N) is 1. The Morgan fingerprint density at radius 1 is 1.25 bits per heavy atom. The van der Waals surface area contributed by atoms with Crippen LogP contribution in [0.3, 0.4) is 0 Å². The van der Waals surface area contributed by atoms with Gasteiger partial charge in [-0.3, -0.25) is 0 Å². The number of imidazole rings is 1. The molecule has 0 unspecified atom stereocenters. The van der Waals surface area contributed by atoms with Crippen molar-refractivity contribution in [3.05, 3.63) is 45.9 Å². The fourth-order valence-corrected chi connectivity index (χ4v) is 3.57. The summed E-state index contributed by atoms with van der Waals surface area (Å²) in [4.78, 5) is 4.77. The van der Waals surface area contributed by atoms with Gasteiger partial charge in [-0.2, -0.15) is 0 Å². The van der Waals surface area contributed by atoms with E-state index in [2.05, 4.69) is 70.9 Å². The molecule has 3 rings (SSSR count). The average molecular weight is 388 g/mol. The van der Waals surface area contributed by atoms with Crippen molar-refractivity contribution in [1.82, 2.24) is 9.55 Å². The molecule has 1 N–H and O–H groups in total. The second-order valence-electron chi connectivity index (χ2n) is 6.29. The van der Waals surface area contributed by atoms with Gasteiger partial charge >= 0.3 is 0 Å². The number of para-hydroxylation sites is 1. The van der Waals surface area contributed by atoms with Crippen LogP contribution in [-0.4, -0.2) is 16.7 Å². The molecule has 3 aromatic rings. The Hall–Kier alpha value is -2.01. The molecule has 2 aromatic carbocycles. The molecule has 0 radical (unpaired) electrons. The highest BCUT2D eigenvalue weighted by Gasteiger charge is 2.16. The van der Waals surface area contributed by atoms with Crippen molar-refractivity contribution in [1.29, 1.82) is 0 Å². The second kappa shape index (κ2) is 6.48. The predicted molar refractivity (Wildman–Crippen MR) is 104 cm³/mol. The van der Waals surface area contributed by atoms with Gasteiger partial charge in [-0.25, -0.2) is 4.98 Å².